The topological polar surface area (TPSA) is 44.8 Å². The first-order chi connectivity index (χ1) is 11.7. The van der Waals surface area contributed by atoms with Crippen LogP contribution in [0.15, 0.2) is 18.2 Å². The quantitative estimate of drug-likeness (QED) is 0.772. The van der Waals surface area contributed by atoms with Crippen LogP contribution in [0.3, 0.4) is 0 Å². The molecule has 132 valence electrons. The van der Waals surface area contributed by atoms with E-state index in [9.17, 15) is 4.79 Å². The van der Waals surface area contributed by atoms with Crippen LogP contribution in [-0.4, -0.2) is 61.6 Å². The van der Waals surface area contributed by atoms with Gasteiger partial charge in [-0.3, -0.25) is 14.6 Å². The molecule has 0 atom stereocenters. The molecule has 3 rings (SSSR count). The summed E-state index contributed by atoms with van der Waals surface area (Å²) in [5.41, 5.74) is 2.71. The zero-order valence-electron chi connectivity index (χ0n) is 14.7. The van der Waals surface area contributed by atoms with Crippen LogP contribution in [0.4, 0.5) is 0 Å². The lowest BCUT2D eigenvalue weighted by atomic mass is 10.1. The Labute approximate surface area is 145 Å². The third-order valence-electron chi connectivity index (χ3n) is 4.84. The summed E-state index contributed by atoms with van der Waals surface area (Å²) in [4.78, 5) is 16.6. The summed E-state index contributed by atoms with van der Waals surface area (Å²) in [6.45, 7) is 9.27. The number of nitrogens with zero attached hydrogens (tertiary/aromatic N) is 2. The number of piperazine rings is 1. The van der Waals surface area contributed by atoms with Crippen LogP contribution in [0.2, 0.25) is 0 Å². The first-order valence-electron chi connectivity index (χ1n) is 9.20. The minimum Gasteiger partial charge on any atom is -0.493 e. The Hall–Kier alpha value is -1.59. The van der Waals surface area contributed by atoms with Gasteiger partial charge in [-0.15, -0.1) is 0 Å². The number of amides is 1. The van der Waals surface area contributed by atoms with E-state index in [0.29, 0.717) is 6.54 Å². The zero-order chi connectivity index (χ0) is 16.8. The van der Waals surface area contributed by atoms with Crippen LogP contribution in [0.25, 0.3) is 0 Å². The summed E-state index contributed by atoms with van der Waals surface area (Å²) in [6, 6.07) is 6.57. The molecule has 0 bridgehead atoms. The summed E-state index contributed by atoms with van der Waals surface area (Å²) < 4.78 is 5.57. The predicted octanol–water partition coefficient (Wildman–Crippen LogP) is 1.66. The number of rotatable bonds is 7. The molecule has 0 saturated carbocycles. The SMILES string of the molecule is CCCCNC(=O)CN1CCN(Cc2ccc3c(c2)CCO3)CC1. The third-order valence-corrected chi connectivity index (χ3v) is 4.84. The molecule has 1 aromatic carbocycles. The van der Waals surface area contributed by atoms with E-state index in [0.717, 1.165) is 70.9 Å². The second-order valence-corrected chi connectivity index (χ2v) is 6.80. The summed E-state index contributed by atoms with van der Waals surface area (Å²) in [5.74, 6) is 1.22. The normalized spacial score (nSPS) is 18.2. The minimum atomic E-state index is 0.163. The molecule has 0 aliphatic carbocycles. The molecule has 2 aliphatic rings. The fourth-order valence-electron chi connectivity index (χ4n) is 3.37. The van der Waals surface area contributed by atoms with Gasteiger partial charge in [0.1, 0.15) is 5.75 Å². The Kier molecular flexibility index (Phi) is 6.10. The average molecular weight is 331 g/mol. The van der Waals surface area contributed by atoms with E-state index in [4.69, 9.17) is 4.74 Å². The van der Waals surface area contributed by atoms with E-state index in [2.05, 4.69) is 40.2 Å². The minimum absolute atomic E-state index is 0.163. The largest absolute Gasteiger partial charge is 0.493 e. The van der Waals surface area contributed by atoms with Gasteiger partial charge in [0.25, 0.3) is 0 Å². The Morgan fingerprint density at radius 1 is 1.21 bits per heavy atom. The van der Waals surface area contributed by atoms with Crippen LogP contribution in [-0.2, 0) is 17.8 Å². The fraction of sp³-hybridized carbons (Fsp3) is 0.632. The van der Waals surface area contributed by atoms with Crippen molar-refractivity contribution >= 4 is 5.91 Å². The highest BCUT2D eigenvalue weighted by atomic mass is 16.5. The molecular formula is C19H29N3O2. The molecule has 0 aromatic heterocycles. The fourth-order valence-corrected chi connectivity index (χ4v) is 3.37. The van der Waals surface area contributed by atoms with Crippen molar-refractivity contribution in [1.29, 1.82) is 0 Å². The van der Waals surface area contributed by atoms with Crippen molar-refractivity contribution in [1.82, 2.24) is 15.1 Å². The molecule has 5 nitrogen and oxygen atoms in total. The first-order valence-corrected chi connectivity index (χ1v) is 9.20. The summed E-state index contributed by atoms with van der Waals surface area (Å²) in [7, 11) is 0. The number of carbonyl (C=O) groups excluding carboxylic acids is 1. The molecule has 5 heteroatoms. The van der Waals surface area contributed by atoms with E-state index < -0.39 is 0 Å². The molecule has 2 aliphatic heterocycles. The van der Waals surface area contributed by atoms with Gasteiger partial charge in [0.05, 0.1) is 13.2 Å². The molecule has 2 heterocycles. The lowest BCUT2D eigenvalue weighted by molar-refractivity contribution is -0.122. The number of ether oxygens (including phenoxy) is 1. The molecule has 0 spiro atoms. The molecular weight excluding hydrogens is 302 g/mol. The highest BCUT2D eigenvalue weighted by Crippen LogP contribution is 2.26. The van der Waals surface area contributed by atoms with Gasteiger partial charge in [-0.2, -0.15) is 0 Å². The van der Waals surface area contributed by atoms with Gasteiger partial charge in [0, 0.05) is 45.7 Å². The molecule has 1 fully saturated rings. The Bertz CT molecular complexity index is 554. The van der Waals surface area contributed by atoms with Gasteiger partial charge >= 0.3 is 0 Å². The van der Waals surface area contributed by atoms with Crippen molar-refractivity contribution in [3.05, 3.63) is 29.3 Å². The van der Waals surface area contributed by atoms with Crippen molar-refractivity contribution in [3.63, 3.8) is 0 Å². The number of unbranched alkanes of at least 4 members (excludes halogenated alkanes) is 1. The van der Waals surface area contributed by atoms with E-state index in [1.165, 1.54) is 11.1 Å². The molecule has 1 amide bonds. The number of hydrogen-bond donors (Lipinski definition) is 1. The molecule has 0 radical (unpaired) electrons. The first kappa shape index (κ1) is 17.2. The van der Waals surface area contributed by atoms with Crippen LogP contribution < -0.4 is 10.1 Å². The number of fused-ring (bicyclic) bond motifs is 1. The molecule has 24 heavy (non-hydrogen) atoms. The van der Waals surface area contributed by atoms with E-state index in [1.807, 2.05) is 0 Å². The number of carbonyl (C=O) groups is 1. The average Bonchev–Trinajstić information content (AvgIpc) is 3.05. The monoisotopic (exact) mass is 331 g/mol. The lowest BCUT2D eigenvalue weighted by Gasteiger charge is -2.34. The maximum Gasteiger partial charge on any atom is 0.234 e. The van der Waals surface area contributed by atoms with E-state index in [-0.39, 0.29) is 5.91 Å². The number of nitrogens with one attached hydrogen (secondary N) is 1. The van der Waals surface area contributed by atoms with Gasteiger partial charge in [-0.25, -0.2) is 0 Å². The third kappa shape index (κ3) is 4.71. The van der Waals surface area contributed by atoms with Crippen molar-refractivity contribution < 1.29 is 9.53 Å². The van der Waals surface area contributed by atoms with Gasteiger partial charge < -0.3 is 10.1 Å². The second kappa shape index (κ2) is 8.49. The number of benzene rings is 1. The lowest BCUT2D eigenvalue weighted by Crippen LogP contribution is -2.49. The summed E-state index contributed by atoms with van der Waals surface area (Å²) in [5, 5.41) is 3.00. The van der Waals surface area contributed by atoms with Gasteiger partial charge in [0.15, 0.2) is 0 Å². The molecule has 0 unspecified atom stereocenters. The van der Waals surface area contributed by atoms with Gasteiger partial charge in [-0.1, -0.05) is 25.5 Å². The van der Waals surface area contributed by atoms with E-state index in [1.54, 1.807) is 0 Å². The Morgan fingerprint density at radius 3 is 2.79 bits per heavy atom. The zero-order valence-corrected chi connectivity index (χ0v) is 14.7. The Morgan fingerprint density at radius 2 is 2.00 bits per heavy atom. The molecule has 1 aromatic rings. The van der Waals surface area contributed by atoms with Crippen molar-refractivity contribution in [2.75, 3.05) is 45.9 Å². The maximum absolute atomic E-state index is 11.9. The van der Waals surface area contributed by atoms with Crippen LogP contribution in [0.5, 0.6) is 5.75 Å². The van der Waals surface area contributed by atoms with Crippen molar-refractivity contribution in [3.8, 4) is 5.75 Å². The van der Waals surface area contributed by atoms with E-state index >= 15 is 0 Å². The smallest absolute Gasteiger partial charge is 0.234 e. The molecule has 1 saturated heterocycles. The van der Waals surface area contributed by atoms with Gasteiger partial charge in [0.2, 0.25) is 5.91 Å². The highest BCUT2D eigenvalue weighted by Gasteiger charge is 2.19. The Balaban J connectivity index is 1.40. The van der Waals surface area contributed by atoms with Crippen LogP contribution in [0, 0.1) is 0 Å². The standard InChI is InChI=1S/C19H29N3O2/c1-2-3-7-20-19(23)15-22-10-8-21(9-11-22)14-16-4-5-18-17(13-16)6-12-24-18/h4-5,13H,2-3,6-12,14-15H2,1H3,(H,20,23). The summed E-state index contributed by atoms with van der Waals surface area (Å²) >= 11 is 0. The van der Waals surface area contributed by atoms with Crippen LogP contribution in [0.1, 0.15) is 30.9 Å². The highest BCUT2D eigenvalue weighted by molar-refractivity contribution is 5.77. The second-order valence-electron chi connectivity index (χ2n) is 6.80. The van der Waals surface area contributed by atoms with Gasteiger partial charge in [-0.05, 0) is 23.6 Å². The van der Waals surface area contributed by atoms with Crippen molar-refractivity contribution in [2.45, 2.75) is 32.7 Å². The maximum atomic E-state index is 11.9. The summed E-state index contributed by atoms with van der Waals surface area (Å²) in [6.07, 6.45) is 3.21. The predicted molar refractivity (Wildman–Crippen MR) is 95.3 cm³/mol. The van der Waals surface area contributed by atoms with Crippen molar-refractivity contribution in [2.24, 2.45) is 0 Å². The molecule has 1 N–H and O–H groups in total. The number of hydrogen-bond acceptors (Lipinski definition) is 4. The van der Waals surface area contributed by atoms with Crippen LogP contribution >= 0.6 is 0 Å².